The van der Waals surface area contributed by atoms with Crippen LogP contribution < -0.4 is 11.1 Å². The van der Waals surface area contributed by atoms with Crippen molar-refractivity contribution >= 4 is 28.8 Å². The molecule has 0 fully saturated rings. The molecule has 1 amide bonds. The number of hydrogen-bond acceptors (Lipinski definition) is 2. The Kier molecular flexibility index (Phi) is 3.47. The van der Waals surface area contributed by atoms with Crippen molar-refractivity contribution in [1.82, 2.24) is 0 Å². The molecule has 0 saturated carbocycles. The summed E-state index contributed by atoms with van der Waals surface area (Å²) in [6, 6.07) is 13.7. The average Bonchev–Trinajstić information content (AvgIpc) is 2.39. The molecule has 2 aromatic rings. The summed E-state index contributed by atoms with van der Waals surface area (Å²) in [5, 5.41) is 2.97. The summed E-state index contributed by atoms with van der Waals surface area (Å²) in [5.41, 5.74) is 10.5. The number of rotatable bonds is 3. The molecule has 106 valence electrons. The summed E-state index contributed by atoms with van der Waals surface area (Å²) in [6.45, 7) is 1.93. The minimum absolute atomic E-state index is 0.00296. The first-order valence-electron chi connectivity index (χ1n) is 6.86. The zero-order chi connectivity index (χ0) is 15.0. The second-order valence-corrected chi connectivity index (χ2v) is 5.75. The molecule has 4 heteroatoms. The standard InChI is InChI=1S/C17H16N2OS/c1-10-5-4-8-14(15(10)16(18)21)19-17(20)13-9-11-6-2-3-7-12(11)13/h2-8,13H,9H2,1H3,(H2,18,21)(H,19,20). The number of carbonyl (C=O) groups excluding carboxylic acids is 1. The fraction of sp³-hybridized carbons (Fsp3) is 0.176. The maximum absolute atomic E-state index is 12.4. The first kappa shape index (κ1) is 13.8. The van der Waals surface area contributed by atoms with Gasteiger partial charge in [-0.2, -0.15) is 0 Å². The number of carbonyl (C=O) groups is 1. The molecule has 0 bridgehead atoms. The minimum atomic E-state index is -0.0825. The zero-order valence-corrected chi connectivity index (χ0v) is 12.5. The number of benzene rings is 2. The number of aryl methyl sites for hydroxylation is 1. The Morgan fingerprint density at radius 3 is 2.71 bits per heavy atom. The van der Waals surface area contributed by atoms with Gasteiger partial charge in [0.05, 0.1) is 11.6 Å². The number of nitrogens with two attached hydrogens (primary N) is 1. The first-order valence-corrected chi connectivity index (χ1v) is 7.27. The Bertz CT molecular complexity index is 739. The molecule has 3 nitrogen and oxygen atoms in total. The molecule has 1 aliphatic carbocycles. The summed E-state index contributed by atoms with van der Waals surface area (Å²) >= 11 is 5.09. The van der Waals surface area contributed by atoms with Gasteiger partial charge in [0.1, 0.15) is 4.99 Å². The molecule has 21 heavy (non-hydrogen) atoms. The van der Waals surface area contributed by atoms with E-state index in [9.17, 15) is 4.79 Å². The van der Waals surface area contributed by atoms with Crippen LogP contribution in [0.25, 0.3) is 0 Å². The van der Waals surface area contributed by atoms with Gasteiger partial charge in [-0.25, -0.2) is 0 Å². The highest BCUT2D eigenvalue weighted by molar-refractivity contribution is 7.80. The molecule has 3 N–H and O–H groups in total. The molecular formula is C17H16N2OS. The lowest BCUT2D eigenvalue weighted by Gasteiger charge is -2.29. The Hall–Kier alpha value is -2.20. The SMILES string of the molecule is Cc1cccc(NC(=O)C2Cc3ccccc32)c1C(N)=S. The van der Waals surface area contributed by atoms with Crippen LogP contribution in [0.2, 0.25) is 0 Å². The molecule has 2 aromatic carbocycles. The molecule has 0 saturated heterocycles. The van der Waals surface area contributed by atoms with Gasteiger partial charge in [0.15, 0.2) is 0 Å². The number of thiocarbonyl (C=S) groups is 1. The van der Waals surface area contributed by atoms with Crippen LogP contribution in [0.1, 0.15) is 28.2 Å². The average molecular weight is 296 g/mol. The van der Waals surface area contributed by atoms with Gasteiger partial charge in [-0.3, -0.25) is 4.79 Å². The smallest absolute Gasteiger partial charge is 0.232 e. The van der Waals surface area contributed by atoms with Crippen molar-refractivity contribution in [2.24, 2.45) is 5.73 Å². The fourth-order valence-electron chi connectivity index (χ4n) is 2.81. The van der Waals surface area contributed by atoms with Gasteiger partial charge in [0.25, 0.3) is 0 Å². The number of anilines is 1. The molecule has 0 spiro atoms. The van der Waals surface area contributed by atoms with Crippen LogP contribution in [-0.2, 0) is 11.2 Å². The van der Waals surface area contributed by atoms with Crippen LogP contribution in [0.3, 0.4) is 0 Å². The normalized spacial score (nSPS) is 15.8. The van der Waals surface area contributed by atoms with Crippen molar-refractivity contribution in [2.75, 3.05) is 5.32 Å². The monoisotopic (exact) mass is 296 g/mol. The lowest BCUT2D eigenvalue weighted by molar-refractivity contribution is -0.118. The van der Waals surface area contributed by atoms with E-state index in [1.165, 1.54) is 5.56 Å². The summed E-state index contributed by atoms with van der Waals surface area (Å²) in [6.07, 6.45) is 0.788. The summed E-state index contributed by atoms with van der Waals surface area (Å²) in [7, 11) is 0. The Balaban J connectivity index is 1.84. The molecule has 1 unspecified atom stereocenters. The number of amides is 1. The summed E-state index contributed by atoms with van der Waals surface area (Å²) in [4.78, 5) is 12.8. The number of hydrogen-bond donors (Lipinski definition) is 2. The van der Waals surface area contributed by atoms with E-state index in [1.54, 1.807) is 0 Å². The van der Waals surface area contributed by atoms with Crippen molar-refractivity contribution in [1.29, 1.82) is 0 Å². The highest BCUT2D eigenvalue weighted by Gasteiger charge is 2.32. The molecule has 1 atom stereocenters. The third-order valence-corrected chi connectivity index (χ3v) is 4.15. The van der Waals surface area contributed by atoms with E-state index in [0.717, 1.165) is 23.1 Å². The second kappa shape index (κ2) is 5.30. The largest absolute Gasteiger partial charge is 0.389 e. The Morgan fingerprint density at radius 1 is 1.24 bits per heavy atom. The van der Waals surface area contributed by atoms with E-state index in [0.29, 0.717) is 10.7 Å². The lowest BCUT2D eigenvalue weighted by atomic mass is 9.77. The predicted molar refractivity (Wildman–Crippen MR) is 88.6 cm³/mol. The lowest BCUT2D eigenvalue weighted by Crippen LogP contribution is -2.31. The molecular weight excluding hydrogens is 280 g/mol. The molecule has 1 aliphatic rings. The zero-order valence-electron chi connectivity index (χ0n) is 11.7. The quantitative estimate of drug-likeness (QED) is 0.856. The fourth-order valence-corrected chi connectivity index (χ4v) is 3.08. The van der Waals surface area contributed by atoms with Crippen LogP contribution in [0.5, 0.6) is 0 Å². The maximum atomic E-state index is 12.4. The molecule has 0 aromatic heterocycles. The van der Waals surface area contributed by atoms with Crippen LogP contribution in [-0.4, -0.2) is 10.9 Å². The van der Waals surface area contributed by atoms with Crippen molar-refractivity contribution in [3.05, 3.63) is 64.7 Å². The predicted octanol–water partition coefficient (Wildman–Crippen LogP) is 2.91. The van der Waals surface area contributed by atoms with Gasteiger partial charge < -0.3 is 11.1 Å². The van der Waals surface area contributed by atoms with E-state index in [4.69, 9.17) is 18.0 Å². The van der Waals surface area contributed by atoms with Crippen molar-refractivity contribution in [3.8, 4) is 0 Å². The van der Waals surface area contributed by atoms with Crippen LogP contribution in [0.15, 0.2) is 42.5 Å². The third kappa shape index (κ3) is 2.43. The highest BCUT2D eigenvalue weighted by Crippen LogP contribution is 2.35. The van der Waals surface area contributed by atoms with Gasteiger partial charge in [-0.15, -0.1) is 0 Å². The van der Waals surface area contributed by atoms with E-state index >= 15 is 0 Å². The van der Waals surface area contributed by atoms with E-state index in [-0.39, 0.29) is 11.8 Å². The van der Waals surface area contributed by atoms with E-state index in [1.807, 2.05) is 43.3 Å². The van der Waals surface area contributed by atoms with Crippen molar-refractivity contribution in [2.45, 2.75) is 19.3 Å². The third-order valence-electron chi connectivity index (χ3n) is 3.95. The summed E-state index contributed by atoms with van der Waals surface area (Å²) < 4.78 is 0. The van der Waals surface area contributed by atoms with Gasteiger partial charge in [-0.1, -0.05) is 48.6 Å². The van der Waals surface area contributed by atoms with Gasteiger partial charge in [-0.05, 0) is 36.1 Å². The minimum Gasteiger partial charge on any atom is -0.389 e. The Morgan fingerprint density at radius 2 is 2.00 bits per heavy atom. The second-order valence-electron chi connectivity index (χ2n) is 5.31. The molecule has 0 heterocycles. The highest BCUT2D eigenvalue weighted by atomic mass is 32.1. The van der Waals surface area contributed by atoms with Crippen LogP contribution in [0, 0.1) is 6.92 Å². The topological polar surface area (TPSA) is 55.1 Å². The van der Waals surface area contributed by atoms with Gasteiger partial charge >= 0.3 is 0 Å². The first-order chi connectivity index (χ1) is 10.1. The van der Waals surface area contributed by atoms with Crippen molar-refractivity contribution in [3.63, 3.8) is 0 Å². The molecule has 3 rings (SSSR count). The van der Waals surface area contributed by atoms with E-state index in [2.05, 4.69) is 11.4 Å². The van der Waals surface area contributed by atoms with Gasteiger partial charge in [0.2, 0.25) is 5.91 Å². The molecule has 0 aliphatic heterocycles. The van der Waals surface area contributed by atoms with Crippen LogP contribution >= 0.6 is 12.2 Å². The van der Waals surface area contributed by atoms with Gasteiger partial charge in [0, 0.05) is 5.56 Å². The number of fused-ring (bicyclic) bond motifs is 1. The maximum Gasteiger partial charge on any atom is 0.232 e. The van der Waals surface area contributed by atoms with E-state index < -0.39 is 0 Å². The van der Waals surface area contributed by atoms with Crippen molar-refractivity contribution < 1.29 is 4.79 Å². The Labute approximate surface area is 129 Å². The number of nitrogens with one attached hydrogen (secondary N) is 1. The summed E-state index contributed by atoms with van der Waals surface area (Å²) in [5.74, 6) is -0.0855. The molecule has 0 radical (unpaired) electrons. The van der Waals surface area contributed by atoms with Crippen LogP contribution in [0.4, 0.5) is 5.69 Å².